The van der Waals surface area contributed by atoms with Gasteiger partial charge in [-0.15, -0.1) is 0 Å². The third kappa shape index (κ3) is 3.96. The second-order valence-corrected chi connectivity index (χ2v) is 6.27. The molecule has 1 aliphatic carbocycles. The molecule has 118 valence electrons. The van der Waals surface area contributed by atoms with Crippen molar-refractivity contribution in [1.29, 1.82) is 0 Å². The molecule has 1 N–H and O–H groups in total. The number of esters is 1. The standard InChI is InChI=1S/C17H15BrN2O3/c18-14-6-13(8-19-9-14)17(22)23-10-16(21)20-15-5-4-11-2-1-3-12(11)7-15/h4-9H,1-3,10H2,(H,20,21). The van der Waals surface area contributed by atoms with E-state index in [4.69, 9.17) is 4.74 Å². The van der Waals surface area contributed by atoms with Gasteiger partial charge in [0, 0.05) is 22.6 Å². The third-order valence-electron chi connectivity index (χ3n) is 3.66. The molecule has 1 heterocycles. The number of hydrogen-bond donors (Lipinski definition) is 1. The maximum absolute atomic E-state index is 11.9. The zero-order chi connectivity index (χ0) is 16.2. The lowest BCUT2D eigenvalue weighted by Gasteiger charge is -2.08. The Bertz CT molecular complexity index is 761. The van der Waals surface area contributed by atoms with E-state index in [1.54, 1.807) is 12.3 Å². The van der Waals surface area contributed by atoms with E-state index in [9.17, 15) is 9.59 Å². The summed E-state index contributed by atoms with van der Waals surface area (Å²) >= 11 is 3.23. The number of pyridine rings is 1. The molecule has 0 saturated carbocycles. The van der Waals surface area contributed by atoms with Gasteiger partial charge in [-0.05, 0) is 64.5 Å². The molecule has 0 fully saturated rings. The van der Waals surface area contributed by atoms with Gasteiger partial charge >= 0.3 is 5.97 Å². The first-order chi connectivity index (χ1) is 11.1. The summed E-state index contributed by atoms with van der Waals surface area (Å²) in [4.78, 5) is 27.6. The minimum absolute atomic E-state index is 0.296. The van der Waals surface area contributed by atoms with E-state index in [1.807, 2.05) is 18.2 Å². The Labute approximate surface area is 142 Å². The third-order valence-corrected chi connectivity index (χ3v) is 4.09. The molecule has 23 heavy (non-hydrogen) atoms. The maximum Gasteiger partial charge on any atom is 0.340 e. The summed E-state index contributed by atoms with van der Waals surface area (Å²) in [6, 6.07) is 7.49. The van der Waals surface area contributed by atoms with E-state index in [1.165, 1.54) is 17.3 Å². The van der Waals surface area contributed by atoms with Gasteiger partial charge in [0.25, 0.3) is 5.91 Å². The van der Waals surface area contributed by atoms with Crippen LogP contribution in [0, 0.1) is 0 Å². The molecule has 1 aromatic heterocycles. The minimum atomic E-state index is -0.581. The summed E-state index contributed by atoms with van der Waals surface area (Å²) in [5, 5.41) is 2.75. The van der Waals surface area contributed by atoms with Gasteiger partial charge in [0.2, 0.25) is 0 Å². The highest BCUT2D eigenvalue weighted by Gasteiger charge is 2.13. The number of amides is 1. The Morgan fingerprint density at radius 1 is 1.17 bits per heavy atom. The molecule has 0 radical (unpaired) electrons. The molecule has 2 aromatic rings. The highest BCUT2D eigenvalue weighted by atomic mass is 79.9. The predicted molar refractivity (Wildman–Crippen MR) is 89.3 cm³/mol. The monoisotopic (exact) mass is 374 g/mol. The van der Waals surface area contributed by atoms with Gasteiger partial charge in [-0.2, -0.15) is 0 Å². The van der Waals surface area contributed by atoms with E-state index >= 15 is 0 Å². The van der Waals surface area contributed by atoms with E-state index in [2.05, 4.69) is 26.2 Å². The fourth-order valence-corrected chi connectivity index (χ4v) is 2.95. The Morgan fingerprint density at radius 2 is 2.00 bits per heavy atom. The lowest BCUT2D eigenvalue weighted by Crippen LogP contribution is -2.21. The van der Waals surface area contributed by atoms with Crippen LogP contribution in [-0.4, -0.2) is 23.5 Å². The van der Waals surface area contributed by atoms with Crippen molar-refractivity contribution in [3.05, 3.63) is 57.8 Å². The van der Waals surface area contributed by atoms with Gasteiger partial charge < -0.3 is 10.1 Å². The summed E-state index contributed by atoms with van der Waals surface area (Å²) in [6.07, 6.45) is 6.26. The first-order valence-electron chi connectivity index (χ1n) is 7.31. The normalized spacial score (nSPS) is 12.6. The molecular formula is C17H15BrN2O3. The molecule has 0 unspecified atom stereocenters. The zero-order valence-corrected chi connectivity index (χ0v) is 13.9. The fraction of sp³-hybridized carbons (Fsp3) is 0.235. The van der Waals surface area contributed by atoms with Crippen LogP contribution in [0.2, 0.25) is 0 Å². The Balaban J connectivity index is 1.54. The average Bonchev–Trinajstić information content (AvgIpc) is 3.00. The first kappa shape index (κ1) is 15.7. The number of benzene rings is 1. The topological polar surface area (TPSA) is 68.3 Å². The molecule has 1 aromatic carbocycles. The Hall–Kier alpha value is -2.21. The molecule has 1 amide bonds. The van der Waals surface area contributed by atoms with Gasteiger partial charge in [-0.1, -0.05) is 6.07 Å². The van der Waals surface area contributed by atoms with Crippen LogP contribution in [0.15, 0.2) is 41.1 Å². The van der Waals surface area contributed by atoms with E-state index in [0.717, 1.165) is 24.9 Å². The lowest BCUT2D eigenvalue weighted by molar-refractivity contribution is -0.119. The summed E-state index contributed by atoms with van der Waals surface area (Å²) in [5.41, 5.74) is 3.65. The predicted octanol–water partition coefficient (Wildman–Crippen LogP) is 3.13. The number of nitrogens with one attached hydrogen (secondary N) is 1. The number of carbonyl (C=O) groups is 2. The van der Waals surface area contributed by atoms with Crippen LogP contribution >= 0.6 is 15.9 Å². The number of rotatable bonds is 4. The van der Waals surface area contributed by atoms with Crippen molar-refractivity contribution in [2.75, 3.05) is 11.9 Å². The van der Waals surface area contributed by atoms with Crippen LogP contribution in [0.3, 0.4) is 0 Å². The molecule has 6 heteroatoms. The second-order valence-electron chi connectivity index (χ2n) is 5.35. The molecule has 0 spiro atoms. The van der Waals surface area contributed by atoms with Gasteiger partial charge in [0.05, 0.1) is 5.56 Å². The van der Waals surface area contributed by atoms with Crippen molar-refractivity contribution in [3.63, 3.8) is 0 Å². The highest BCUT2D eigenvalue weighted by Crippen LogP contribution is 2.24. The molecule has 0 saturated heterocycles. The quantitative estimate of drug-likeness (QED) is 0.834. The van der Waals surface area contributed by atoms with E-state index in [-0.39, 0.29) is 12.5 Å². The average molecular weight is 375 g/mol. The van der Waals surface area contributed by atoms with Crippen LogP contribution < -0.4 is 5.32 Å². The van der Waals surface area contributed by atoms with Crippen molar-refractivity contribution < 1.29 is 14.3 Å². The highest BCUT2D eigenvalue weighted by molar-refractivity contribution is 9.10. The number of nitrogens with zero attached hydrogens (tertiary/aromatic N) is 1. The van der Waals surface area contributed by atoms with Crippen molar-refractivity contribution in [3.8, 4) is 0 Å². The molecule has 3 rings (SSSR count). The second kappa shape index (κ2) is 6.91. The Morgan fingerprint density at radius 3 is 2.83 bits per heavy atom. The van der Waals surface area contributed by atoms with Crippen molar-refractivity contribution in [1.82, 2.24) is 4.98 Å². The van der Waals surface area contributed by atoms with Crippen molar-refractivity contribution >= 4 is 33.5 Å². The molecule has 5 nitrogen and oxygen atoms in total. The number of carbonyl (C=O) groups excluding carboxylic acids is 2. The van der Waals surface area contributed by atoms with Gasteiger partial charge in [-0.3, -0.25) is 9.78 Å². The number of ether oxygens (including phenoxy) is 1. The number of hydrogen-bond acceptors (Lipinski definition) is 4. The number of aromatic nitrogens is 1. The number of fused-ring (bicyclic) bond motifs is 1. The maximum atomic E-state index is 11.9. The number of aryl methyl sites for hydroxylation is 2. The number of halogens is 1. The lowest BCUT2D eigenvalue weighted by atomic mass is 10.1. The molecule has 1 aliphatic rings. The molecule has 0 atom stereocenters. The molecule has 0 aliphatic heterocycles. The zero-order valence-electron chi connectivity index (χ0n) is 12.3. The molecule has 0 bridgehead atoms. The van der Waals surface area contributed by atoms with Crippen LogP contribution in [0.1, 0.15) is 27.9 Å². The van der Waals surface area contributed by atoms with Crippen LogP contribution in [0.4, 0.5) is 5.69 Å². The van der Waals surface area contributed by atoms with Crippen molar-refractivity contribution in [2.45, 2.75) is 19.3 Å². The minimum Gasteiger partial charge on any atom is -0.452 e. The van der Waals surface area contributed by atoms with Crippen molar-refractivity contribution in [2.24, 2.45) is 0 Å². The van der Waals surface area contributed by atoms with Crippen LogP contribution in [0.5, 0.6) is 0 Å². The summed E-state index contributed by atoms with van der Waals surface area (Å²) in [5.74, 6) is -0.942. The SMILES string of the molecule is O=C(COC(=O)c1cncc(Br)c1)Nc1ccc2c(c1)CCC2. The number of anilines is 1. The summed E-state index contributed by atoms with van der Waals surface area (Å²) < 4.78 is 5.67. The van der Waals surface area contributed by atoms with E-state index < -0.39 is 5.97 Å². The largest absolute Gasteiger partial charge is 0.452 e. The van der Waals surface area contributed by atoms with Gasteiger partial charge in [-0.25, -0.2) is 4.79 Å². The summed E-state index contributed by atoms with van der Waals surface area (Å²) in [7, 11) is 0. The Kier molecular flexibility index (Phi) is 4.71. The molecular weight excluding hydrogens is 360 g/mol. The van der Waals surface area contributed by atoms with Crippen LogP contribution in [0.25, 0.3) is 0 Å². The van der Waals surface area contributed by atoms with E-state index in [0.29, 0.717) is 10.0 Å². The fourth-order valence-electron chi connectivity index (χ4n) is 2.58. The first-order valence-corrected chi connectivity index (χ1v) is 8.10. The van der Waals surface area contributed by atoms with Crippen LogP contribution in [-0.2, 0) is 22.4 Å². The van der Waals surface area contributed by atoms with Gasteiger partial charge in [0.1, 0.15) is 0 Å². The summed E-state index contributed by atoms with van der Waals surface area (Å²) in [6.45, 7) is -0.331. The smallest absolute Gasteiger partial charge is 0.340 e. The van der Waals surface area contributed by atoms with Gasteiger partial charge in [0.15, 0.2) is 6.61 Å².